The molecule has 262 valence electrons. The molecule has 0 atom stereocenters. The van der Waals surface area contributed by atoms with Crippen molar-refractivity contribution in [1.29, 1.82) is 0 Å². The van der Waals surface area contributed by atoms with E-state index in [2.05, 4.69) is 20.7 Å². The molecule has 2 amide bonds. The number of aryl methyl sites for hydroxylation is 1. The van der Waals surface area contributed by atoms with Crippen LogP contribution in [0.15, 0.2) is 59.6 Å². The van der Waals surface area contributed by atoms with Crippen molar-refractivity contribution in [3.63, 3.8) is 0 Å². The number of pyridine rings is 1. The van der Waals surface area contributed by atoms with Gasteiger partial charge in [-0.05, 0) is 74.9 Å². The van der Waals surface area contributed by atoms with Crippen molar-refractivity contribution in [2.24, 2.45) is 0 Å². The number of amides is 2. The molecule has 0 aliphatic rings. The normalized spacial score (nSPS) is 12.4. The number of carbonyl (C=O) groups excluding carboxylic acids is 2. The predicted molar refractivity (Wildman–Crippen MR) is 168 cm³/mol. The molecule has 0 aliphatic heterocycles. The van der Waals surface area contributed by atoms with Crippen molar-refractivity contribution in [3.8, 4) is 5.82 Å². The Hall–Kier alpha value is -4.19. The standard InChI is InChI=1S/C30H26Cl2F6N6O4S/c1-15(2)40-27(45)22-12-19(31)8-16(3)25(22)41-28(46)24-13-20(42-44(24)26-23(32)6-5-7-39-26)14-43(4)49(47,48)21-10-17(29(33,34)35)9-18(11-21)30(36,37)38/h5-13,15H,14H2,1-4H3,(H,40,45)(H,41,46). The highest BCUT2D eigenvalue weighted by molar-refractivity contribution is 7.89. The molecular weight excluding hydrogens is 725 g/mol. The Kier molecular flexibility index (Phi) is 10.7. The Labute approximate surface area is 286 Å². The molecule has 2 aromatic carbocycles. The highest BCUT2D eigenvalue weighted by Gasteiger charge is 2.39. The van der Waals surface area contributed by atoms with Crippen molar-refractivity contribution >= 4 is 50.7 Å². The number of alkyl halides is 6. The van der Waals surface area contributed by atoms with E-state index in [9.17, 15) is 44.3 Å². The van der Waals surface area contributed by atoms with Gasteiger partial charge in [0, 0.05) is 24.3 Å². The van der Waals surface area contributed by atoms with Crippen LogP contribution in [0.1, 0.15) is 57.1 Å². The van der Waals surface area contributed by atoms with Crippen molar-refractivity contribution in [2.75, 3.05) is 12.4 Å². The van der Waals surface area contributed by atoms with Crippen LogP contribution in [0.2, 0.25) is 10.0 Å². The fourth-order valence-corrected chi connectivity index (χ4v) is 6.23. The van der Waals surface area contributed by atoms with Gasteiger partial charge in [-0.25, -0.2) is 18.1 Å². The lowest BCUT2D eigenvalue weighted by atomic mass is 10.1. The first-order valence-electron chi connectivity index (χ1n) is 14.0. The number of nitrogens with zero attached hydrogens (tertiary/aromatic N) is 4. The number of benzene rings is 2. The SMILES string of the molecule is Cc1cc(Cl)cc(C(=O)NC(C)C)c1NC(=O)c1cc(CN(C)S(=O)(=O)c2cc(C(F)(F)F)cc(C(F)(F)F)c2)nn1-c1ncccc1Cl. The van der Waals surface area contributed by atoms with Crippen molar-refractivity contribution in [2.45, 2.75) is 50.6 Å². The molecule has 0 bridgehead atoms. The molecule has 49 heavy (non-hydrogen) atoms. The van der Waals surface area contributed by atoms with Gasteiger partial charge in [0.15, 0.2) is 5.82 Å². The molecule has 0 unspecified atom stereocenters. The minimum Gasteiger partial charge on any atom is -0.350 e. The van der Waals surface area contributed by atoms with Crippen LogP contribution in [0.4, 0.5) is 32.0 Å². The summed E-state index contributed by atoms with van der Waals surface area (Å²) >= 11 is 12.5. The summed E-state index contributed by atoms with van der Waals surface area (Å²) in [7, 11) is -4.09. The second-order valence-corrected chi connectivity index (χ2v) is 13.9. The molecule has 2 aromatic heterocycles. The summed E-state index contributed by atoms with van der Waals surface area (Å²) in [5.41, 5.74) is -3.57. The number of anilines is 1. The maximum Gasteiger partial charge on any atom is 0.416 e. The Balaban J connectivity index is 1.77. The van der Waals surface area contributed by atoms with Gasteiger partial charge in [-0.3, -0.25) is 9.59 Å². The van der Waals surface area contributed by atoms with Crippen LogP contribution in [0, 0.1) is 6.92 Å². The van der Waals surface area contributed by atoms with Crippen molar-refractivity contribution in [1.82, 2.24) is 24.4 Å². The first-order chi connectivity index (χ1) is 22.6. The number of hydrogen-bond donors (Lipinski definition) is 2. The van der Waals surface area contributed by atoms with Gasteiger partial charge in [-0.15, -0.1) is 0 Å². The third kappa shape index (κ3) is 8.52. The first kappa shape index (κ1) is 37.6. The van der Waals surface area contributed by atoms with E-state index in [1.807, 2.05) is 0 Å². The summed E-state index contributed by atoms with van der Waals surface area (Å²) in [6.45, 7) is 4.32. The zero-order chi connectivity index (χ0) is 36.6. The van der Waals surface area contributed by atoms with Crippen LogP contribution in [0.25, 0.3) is 5.82 Å². The number of aromatic nitrogens is 3. The van der Waals surface area contributed by atoms with E-state index in [4.69, 9.17) is 23.2 Å². The Morgan fingerprint density at radius 1 is 0.959 bits per heavy atom. The summed E-state index contributed by atoms with van der Waals surface area (Å²) in [6, 6.07) is 6.60. The smallest absolute Gasteiger partial charge is 0.350 e. The van der Waals surface area contributed by atoms with E-state index < -0.39 is 56.8 Å². The van der Waals surface area contributed by atoms with Crippen molar-refractivity contribution in [3.05, 3.63) is 98.4 Å². The van der Waals surface area contributed by atoms with E-state index in [0.29, 0.717) is 9.87 Å². The van der Waals surface area contributed by atoms with Gasteiger partial charge < -0.3 is 10.6 Å². The van der Waals surface area contributed by atoms with Gasteiger partial charge in [-0.2, -0.15) is 35.7 Å². The zero-order valence-corrected chi connectivity index (χ0v) is 28.2. The molecule has 0 saturated heterocycles. The molecule has 0 fully saturated rings. The molecule has 19 heteroatoms. The summed E-state index contributed by atoms with van der Waals surface area (Å²) in [4.78, 5) is 29.6. The van der Waals surface area contributed by atoms with Gasteiger partial charge in [0.1, 0.15) is 5.69 Å². The van der Waals surface area contributed by atoms with Gasteiger partial charge in [0.05, 0.1) is 44.5 Å². The largest absolute Gasteiger partial charge is 0.416 e. The van der Waals surface area contributed by atoms with E-state index in [1.165, 1.54) is 30.5 Å². The summed E-state index contributed by atoms with van der Waals surface area (Å²) in [6.07, 6.45) is -9.25. The molecule has 4 aromatic rings. The van der Waals surface area contributed by atoms with Crippen LogP contribution >= 0.6 is 23.2 Å². The maximum absolute atomic E-state index is 13.8. The second-order valence-electron chi connectivity index (χ2n) is 11.0. The Morgan fingerprint density at radius 2 is 1.57 bits per heavy atom. The van der Waals surface area contributed by atoms with Gasteiger partial charge in [-0.1, -0.05) is 23.2 Å². The summed E-state index contributed by atoms with van der Waals surface area (Å²) < 4.78 is 109. The number of rotatable bonds is 9. The molecule has 2 heterocycles. The Morgan fingerprint density at radius 3 is 2.12 bits per heavy atom. The number of carbonyl (C=O) groups is 2. The predicted octanol–water partition coefficient (Wildman–Crippen LogP) is 7.13. The second kappa shape index (κ2) is 14.0. The Bertz CT molecular complexity index is 2000. The van der Waals surface area contributed by atoms with Gasteiger partial charge in [0.25, 0.3) is 11.8 Å². The summed E-state index contributed by atoms with van der Waals surface area (Å²) in [5, 5.41) is 9.80. The summed E-state index contributed by atoms with van der Waals surface area (Å²) in [5.74, 6) is -1.50. The lowest BCUT2D eigenvalue weighted by Gasteiger charge is -2.19. The van der Waals surface area contributed by atoms with E-state index >= 15 is 0 Å². The molecule has 0 radical (unpaired) electrons. The van der Waals surface area contributed by atoms with Crippen LogP contribution in [-0.2, 0) is 28.9 Å². The minimum atomic E-state index is -5.29. The molecule has 10 nitrogen and oxygen atoms in total. The number of nitrogens with one attached hydrogen (secondary N) is 2. The maximum atomic E-state index is 13.8. The number of hydrogen-bond acceptors (Lipinski definition) is 6. The fraction of sp³-hybridized carbons (Fsp3) is 0.267. The topological polar surface area (TPSA) is 126 Å². The van der Waals surface area contributed by atoms with E-state index in [0.717, 1.165) is 17.8 Å². The van der Waals surface area contributed by atoms with Gasteiger partial charge >= 0.3 is 12.4 Å². The van der Waals surface area contributed by atoms with Crippen LogP contribution < -0.4 is 10.6 Å². The van der Waals surface area contributed by atoms with Crippen LogP contribution in [0.5, 0.6) is 0 Å². The highest BCUT2D eigenvalue weighted by atomic mass is 35.5. The number of sulfonamides is 1. The molecule has 0 spiro atoms. The zero-order valence-electron chi connectivity index (χ0n) is 25.8. The molecule has 2 N–H and O–H groups in total. The molecule has 0 aliphatic carbocycles. The van der Waals surface area contributed by atoms with E-state index in [-0.39, 0.29) is 62.7 Å². The van der Waals surface area contributed by atoms with Gasteiger partial charge in [0.2, 0.25) is 10.0 Å². The van der Waals surface area contributed by atoms with Crippen LogP contribution in [-0.4, -0.2) is 52.4 Å². The highest BCUT2D eigenvalue weighted by Crippen LogP contribution is 2.38. The average molecular weight is 752 g/mol. The quantitative estimate of drug-likeness (QED) is 0.175. The molecule has 4 rings (SSSR count). The fourth-order valence-electron chi connectivity index (χ4n) is 4.54. The van der Waals surface area contributed by atoms with E-state index in [1.54, 1.807) is 20.8 Å². The third-order valence-corrected chi connectivity index (χ3v) is 9.08. The first-order valence-corrected chi connectivity index (χ1v) is 16.2. The monoisotopic (exact) mass is 750 g/mol. The van der Waals surface area contributed by atoms with Crippen LogP contribution in [0.3, 0.4) is 0 Å². The molecular formula is C30H26Cl2F6N6O4S. The average Bonchev–Trinajstić information content (AvgIpc) is 3.40. The lowest BCUT2D eigenvalue weighted by molar-refractivity contribution is -0.143. The molecule has 0 saturated carbocycles. The number of halogens is 8. The third-order valence-electron chi connectivity index (χ3n) is 6.79. The minimum absolute atomic E-state index is 0.00972. The van der Waals surface area contributed by atoms with Crippen molar-refractivity contribution < 1.29 is 44.3 Å². The lowest BCUT2D eigenvalue weighted by Crippen LogP contribution is -2.31.